The third kappa shape index (κ3) is 2.20. The molecular weight excluding hydrogens is 144 g/mol. The first kappa shape index (κ1) is 7.90. The molecule has 1 atom stereocenters. The fourth-order valence-corrected chi connectivity index (χ4v) is 2.05. The number of thioether (sulfide) groups is 1. The lowest BCUT2D eigenvalue weighted by molar-refractivity contribution is 0.283. The molecule has 0 bridgehead atoms. The normalized spacial score (nSPS) is 27.8. The molecule has 0 N–H and O–H groups in total. The van der Waals surface area contributed by atoms with Gasteiger partial charge in [-0.3, -0.25) is 0 Å². The van der Waals surface area contributed by atoms with Gasteiger partial charge < -0.3 is 4.90 Å². The lowest BCUT2D eigenvalue weighted by Gasteiger charge is -2.27. The van der Waals surface area contributed by atoms with Crippen molar-refractivity contribution in [1.82, 2.24) is 4.90 Å². The monoisotopic (exact) mass is 156 g/mol. The smallest absolute Gasteiger partial charge is 0.133 e. The molecule has 56 valence electrons. The van der Waals surface area contributed by atoms with Gasteiger partial charge in [0.25, 0.3) is 0 Å². The lowest BCUT2D eigenvalue weighted by atomic mass is 10.1. The minimum Gasteiger partial charge on any atom is -0.305 e. The highest BCUT2D eigenvalue weighted by Crippen LogP contribution is 2.19. The van der Waals surface area contributed by atoms with Crippen molar-refractivity contribution in [1.29, 1.82) is 5.26 Å². The number of thiocyanates is 1. The molecule has 1 rings (SSSR count). The van der Waals surface area contributed by atoms with Crippen LogP contribution in [0.3, 0.4) is 0 Å². The molecule has 1 aliphatic rings. The van der Waals surface area contributed by atoms with E-state index >= 15 is 0 Å². The summed E-state index contributed by atoms with van der Waals surface area (Å²) in [6.45, 7) is 2.28. The number of piperidine rings is 1. The van der Waals surface area contributed by atoms with Gasteiger partial charge in [-0.15, -0.1) is 0 Å². The molecule has 1 saturated heterocycles. The SMILES string of the molecule is CN1CCCC(SC#N)C1. The van der Waals surface area contributed by atoms with Crippen molar-refractivity contribution in [3.05, 3.63) is 0 Å². The van der Waals surface area contributed by atoms with Crippen LogP contribution in [0.5, 0.6) is 0 Å². The summed E-state index contributed by atoms with van der Waals surface area (Å²) in [5, 5.41) is 11.1. The van der Waals surface area contributed by atoms with Gasteiger partial charge in [-0.2, -0.15) is 5.26 Å². The van der Waals surface area contributed by atoms with E-state index in [1.807, 2.05) is 0 Å². The van der Waals surface area contributed by atoms with Gasteiger partial charge in [-0.25, -0.2) is 0 Å². The molecule has 1 fully saturated rings. The Bertz CT molecular complexity index is 141. The average Bonchev–Trinajstić information content (AvgIpc) is 1.88. The van der Waals surface area contributed by atoms with Crippen LogP contribution in [-0.4, -0.2) is 30.3 Å². The van der Waals surface area contributed by atoms with Crippen molar-refractivity contribution >= 4 is 11.8 Å². The quantitative estimate of drug-likeness (QED) is 0.535. The predicted octanol–water partition coefficient (Wildman–Crippen LogP) is 1.29. The topological polar surface area (TPSA) is 27.0 Å². The minimum atomic E-state index is 0.559. The maximum Gasteiger partial charge on any atom is 0.133 e. The third-order valence-corrected chi connectivity index (χ3v) is 2.62. The van der Waals surface area contributed by atoms with Gasteiger partial charge in [0, 0.05) is 11.8 Å². The largest absolute Gasteiger partial charge is 0.305 e. The van der Waals surface area contributed by atoms with Gasteiger partial charge in [0.05, 0.1) is 0 Å². The van der Waals surface area contributed by atoms with Gasteiger partial charge in [0.15, 0.2) is 0 Å². The standard InChI is InChI=1S/C7H12N2S/c1-9-4-2-3-7(5-9)10-6-8/h7H,2-5H2,1H3. The lowest BCUT2D eigenvalue weighted by Crippen LogP contribution is -2.33. The number of hydrogen-bond donors (Lipinski definition) is 0. The first-order valence-electron chi connectivity index (χ1n) is 3.56. The van der Waals surface area contributed by atoms with Gasteiger partial charge in [0.2, 0.25) is 0 Å². The summed E-state index contributed by atoms with van der Waals surface area (Å²) in [7, 11) is 2.12. The van der Waals surface area contributed by atoms with Crippen LogP contribution >= 0.6 is 11.8 Å². The Balaban J connectivity index is 2.27. The molecule has 1 aliphatic heterocycles. The zero-order valence-electron chi connectivity index (χ0n) is 6.21. The van der Waals surface area contributed by atoms with Crippen molar-refractivity contribution in [3.63, 3.8) is 0 Å². The van der Waals surface area contributed by atoms with Crippen LogP contribution in [0.1, 0.15) is 12.8 Å². The van der Waals surface area contributed by atoms with Crippen LogP contribution in [0.4, 0.5) is 0 Å². The van der Waals surface area contributed by atoms with E-state index in [9.17, 15) is 0 Å². The fraction of sp³-hybridized carbons (Fsp3) is 0.857. The number of nitriles is 1. The zero-order valence-corrected chi connectivity index (χ0v) is 7.02. The van der Waals surface area contributed by atoms with Crippen LogP contribution in [-0.2, 0) is 0 Å². The van der Waals surface area contributed by atoms with Crippen molar-refractivity contribution in [3.8, 4) is 5.40 Å². The van der Waals surface area contributed by atoms with Gasteiger partial charge >= 0.3 is 0 Å². The molecule has 0 saturated carbocycles. The Morgan fingerprint density at radius 2 is 2.50 bits per heavy atom. The Morgan fingerprint density at radius 3 is 3.10 bits per heavy atom. The van der Waals surface area contributed by atoms with Crippen LogP contribution in [0.2, 0.25) is 0 Å². The number of nitrogens with zero attached hydrogens (tertiary/aromatic N) is 2. The van der Waals surface area contributed by atoms with E-state index in [0.717, 1.165) is 6.54 Å². The van der Waals surface area contributed by atoms with Crippen molar-refractivity contribution in [2.75, 3.05) is 20.1 Å². The van der Waals surface area contributed by atoms with E-state index in [1.165, 1.54) is 31.1 Å². The molecule has 10 heavy (non-hydrogen) atoms. The second kappa shape index (κ2) is 3.85. The van der Waals surface area contributed by atoms with Crippen molar-refractivity contribution in [2.24, 2.45) is 0 Å². The number of hydrogen-bond acceptors (Lipinski definition) is 3. The molecule has 0 amide bonds. The van der Waals surface area contributed by atoms with E-state index in [2.05, 4.69) is 17.3 Å². The van der Waals surface area contributed by atoms with Gasteiger partial charge in [0.1, 0.15) is 5.40 Å². The minimum absolute atomic E-state index is 0.559. The highest BCUT2D eigenvalue weighted by molar-refractivity contribution is 8.04. The van der Waals surface area contributed by atoms with E-state index in [-0.39, 0.29) is 0 Å². The highest BCUT2D eigenvalue weighted by Gasteiger charge is 2.16. The summed E-state index contributed by atoms with van der Waals surface area (Å²) in [4.78, 5) is 2.29. The summed E-state index contributed by atoms with van der Waals surface area (Å²) in [6, 6.07) is 0. The van der Waals surface area contributed by atoms with Gasteiger partial charge in [-0.05, 0) is 38.2 Å². The Labute approximate surface area is 66.2 Å². The molecule has 0 aromatic heterocycles. The van der Waals surface area contributed by atoms with Crippen LogP contribution in [0.15, 0.2) is 0 Å². The molecule has 1 unspecified atom stereocenters. The van der Waals surface area contributed by atoms with E-state index in [4.69, 9.17) is 5.26 Å². The second-order valence-electron chi connectivity index (χ2n) is 2.74. The molecule has 3 heteroatoms. The Morgan fingerprint density at radius 1 is 1.70 bits per heavy atom. The fourth-order valence-electron chi connectivity index (χ4n) is 1.29. The maximum absolute atomic E-state index is 8.40. The molecule has 0 aromatic rings. The maximum atomic E-state index is 8.40. The molecule has 0 spiro atoms. The van der Waals surface area contributed by atoms with Crippen LogP contribution in [0.25, 0.3) is 0 Å². The highest BCUT2D eigenvalue weighted by atomic mass is 32.2. The van der Waals surface area contributed by atoms with Crippen LogP contribution < -0.4 is 0 Å². The third-order valence-electron chi connectivity index (χ3n) is 1.80. The molecule has 0 aromatic carbocycles. The predicted molar refractivity (Wildman–Crippen MR) is 43.7 cm³/mol. The summed E-state index contributed by atoms with van der Waals surface area (Å²) in [5.74, 6) is 0. The van der Waals surface area contributed by atoms with Crippen molar-refractivity contribution < 1.29 is 0 Å². The summed E-state index contributed by atoms with van der Waals surface area (Å²) in [5.41, 5.74) is 0. The second-order valence-corrected chi connectivity index (χ2v) is 3.82. The molecule has 2 nitrogen and oxygen atoms in total. The summed E-state index contributed by atoms with van der Waals surface area (Å²) < 4.78 is 0. The summed E-state index contributed by atoms with van der Waals surface area (Å²) in [6.07, 6.45) is 2.46. The molecule has 1 heterocycles. The zero-order chi connectivity index (χ0) is 7.40. The van der Waals surface area contributed by atoms with Crippen LogP contribution in [0, 0.1) is 10.7 Å². The van der Waals surface area contributed by atoms with Gasteiger partial charge in [-0.1, -0.05) is 0 Å². The van der Waals surface area contributed by atoms with E-state index < -0.39 is 0 Å². The average molecular weight is 156 g/mol. The number of likely N-dealkylation sites (tertiary alicyclic amines) is 1. The molecular formula is C7H12N2S. The first-order chi connectivity index (χ1) is 4.83. The van der Waals surface area contributed by atoms with E-state index in [0.29, 0.717) is 5.25 Å². The Hall–Kier alpha value is -0.200. The molecule has 0 aliphatic carbocycles. The Kier molecular flexibility index (Phi) is 3.04. The molecule has 0 radical (unpaired) electrons. The summed E-state index contributed by atoms with van der Waals surface area (Å²) >= 11 is 1.42. The van der Waals surface area contributed by atoms with Crippen molar-refractivity contribution in [2.45, 2.75) is 18.1 Å². The van der Waals surface area contributed by atoms with E-state index in [1.54, 1.807) is 0 Å². The first-order valence-corrected chi connectivity index (χ1v) is 4.44. The number of rotatable bonds is 1.